The lowest BCUT2D eigenvalue weighted by atomic mass is 10.1. The van der Waals surface area contributed by atoms with Crippen LogP contribution in [0.15, 0.2) is 17.7 Å². The lowest BCUT2D eigenvalue weighted by Crippen LogP contribution is -2.29. The van der Waals surface area contributed by atoms with E-state index in [1.165, 1.54) is 4.57 Å². The number of sulfonamides is 1. The molecule has 0 saturated heterocycles. The number of hydrogen-bond donors (Lipinski definition) is 1. The highest BCUT2D eigenvalue weighted by Crippen LogP contribution is 2.26. The van der Waals surface area contributed by atoms with Gasteiger partial charge in [-0.15, -0.1) is 10.2 Å². The molecule has 0 aliphatic rings. The molecule has 0 saturated carbocycles. The van der Waals surface area contributed by atoms with Gasteiger partial charge in [0.1, 0.15) is 5.69 Å². The SMILES string of the molecule is Cn1cncc1-c1nnc(S(N)(=O)=O)n1C(C)(C)C. The van der Waals surface area contributed by atoms with E-state index in [9.17, 15) is 8.42 Å². The number of primary sulfonamides is 1. The van der Waals surface area contributed by atoms with Crippen molar-refractivity contribution in [2.45, 2.75) is 31.5 Å². The maximum atomic E-state index is 11.6. The highest BCUT2D eigenvalue weighted by molar-refractivity contribution is 7.89. The van der Waals surface area contributed by atoms with Gasteiger partial charge in [0.25, 0.3) is 15.2 Å². The zero-order valence-electron chi connectivity index (χ0n) is 11.2. The first kappa shape index (κ1) is 13.7. The van der Waals surface area contributed by atoms with Crippen molar-refractivity contribution in [3.05, 3.63) is 12.5 Å². The molecule has 19 heavy (non-hydrogen) atoms. The standard InChI is InChI=1S/C10H16N6O2S/c1-10(2,3)16-8(7-5-12-6-15(7)4)13-14-9(16)19(11,17)18/h5-6H,1-4H3,(H2,11,17,18). The summed E-state index contributed by atoms with van der Waals surface area (Å²) in [4.78, 5) is 3.99. The van der Waals surface area contributed by atoms with Gasteiger partial charge in [-0.2, -0.15) is 0 Å². The average molecular weight is 284 g/mol. The molecular formula is C10H16N6O2S. The van der Waals surface area contributed by atoms with Crippen LogP contribution in [0.25, 0.3) is 11.5 Å². The van der Waals surface area contributed by atoms with E-state index in [1.54, 1.807) is 24.1 Å². The maximum absolute atomic E-state index is 11.6. The molecular weight excluding hydrogens is 268 g/mol. The number of nitrogens with two attached hydrogens (primary N) is 1. The minimum Gasteiger partial charge on any atom is -0.331 e. The second-order valence-corrected chi connectivity index (χ2v) is 6.70. The molecule has 0 amide bonds. The van der Waals surface area contributed by atoms with Crippen LogP contribution in [-0.2, 0) is 22.6 Å². The van der Waals surface area contributed by atoms with Gasteiger partial charge in [0, 0.05) is 12.6 Å². The molecule has 2 heterocycles. The van der Waals surface area contributed by atoms with Crippen molar-refractivity contribution in [2.24, 2.45) is 12.2 Å². The van der Waals surface area contributed by atoms with Crippen molar-refractivity contribution in [2.75, 3.05) is 0 Å². The summed E-state index contributed by atoms with van der Waals surface area (Å²) in [6.45, 7) is 5.56. The zero-order valence-corrected chi connectivity index (χ0v) is 12.0. The third-order valence-corrected chi connectivity index (χ3v) is 3.38. The summed E-state index contributed by atoms with van der Waals surface area (Å²) in [6, 6.07) is 0. The van der Waals surface area contributed by atoms with Crippen LogP contribution in [0.3, 0.4) is 0 Å². The van der Waals surface area contributed by atoms with Crippen molar-refractivity contribution in [1.82, 2.24) is 24.3 Å². The quantitative estimate of drug-likeness (QED) is 0.840. The van der Waals surface area contributed by atoms with E-state index < -0.39 is 15.6 Å². The Kier molecular flexibility index (Phi) is 2.98. The van der Waals surface area contributed by atoms with Crippen molar-refractivity contribution in [3.8, 4) is 11.5 Å². The van der Waals surface area contributed by atoms with Crippen LogP contribution >= 0.6 is 0 Å². The number of hydrogen-bond acceptors (Lipinski definition) is 5. The Hall–Kier alpha value is -1.74. The summed E-state index contributed by atoms with van der Waals surface area (Å²) in [7, 11) is -2.15. The topological polar surface area (TPSA) is 109 Å². The van der Waals surface area contributed by atoms with E-state index in [1.807, 2.05) is 20.8 Å². The van der Waals surface area contributed by atoms with E-state index in [2.05, 4.69) is 15.2 Å². The number of aromatic nitrogens is 5. The highest BCUT2D eigenvalue weighted by Gasteiger charge is 2.30. The molecule has 0 spiro atoms. The van der Waals surface area contributed by atoms with Crippen LogP contribution in [0.4, 0.5) is 0 Å². The predicted molar refractivity (Wildman–Crippen MR) is 68.6 cm³/mol. The number of imidazole rings is 1. The molecule has 2 aromatic rings. The number of aryl methyl sites for hydroxylation is 1. The van der Waals surface area contributed by atoms with E-state index in [0.717, 1.165) is 0 Å². The fourth-order valence-electron chi connectivity index (χ4n) is 1.80. The molecule has 2 rings (SSSR count). The molecule has 0 fully saturated rings. The van der Waals surface area contributed by atoms with Gasteiger partial charge >= 0.3 is 0 Å². The molecule has 0 aliphatic heterocycles. The van der Waals surface area contributed by atoms with Crippen LogP contribution in [0.5, 0.6) is 0 Å². The monoisotopic (exact) mass is 284 g/mol. The van der Waals surface area contributed by atoms with Crippen LogP contribution in [0.2, 0.25) is 0 Å². The molecule has 2 N–H and O–H groups in total. The summed E-state index contributed by atoms with van der Waals surface area (Å²) < 4.78 is 26.4. The Morgan fingerprint density at radius 2 is 1.89 bits per heavy atom. The molecule has 0 atom stereocenters. The molecule has 0 bridgehead atoms. The molecule has 0 aromatic carbocycles. The Labute approximate surface area is 111 Å². The van der Waals surface area contributed by atoms with Gasteiger partial charge < -0.3 is 4.57 Å². The first-order chi connectivity index (χ1) is 8.62. The van der Waals surface area contributed by atoms with Crippen molar-refractivity contribution >= 4 is 10.0 Å². The van der Waals surface area contributed by atoms with Crippen LogP contribution < -0.4 is 5.14 Å². The number of nitrogens with zero attached hydrogens (tertiary/aromatic N) is 5. The zero-order chi connectivity index (χ0) is 14.4. The van der Waals surface area contributed by atoms with Gasteiger partial charge in [-0.1, -0.05) is 0 Å². The fourth-order valence-corrected chi connectivity index (χ4v) is 2.57. The van der Waals surface area contributed by atoms with Crippen LogP contribution in [0, 0.1) is 0 Å². The van der Waals surface area contributed by atoms with E-state index in [0.29, 0.717) is 11.5 Å². The fraction of sp³-hybridized carbons (Fsp3) is 0.500. The smallest absolute Gasteiger partial charge is 0.273 e. The summed E-state index contributed by atoms with van der Waals surface area (Å²) in [5.41, 5.74) is 0.127. The summed E-state index contributed by atoms with van der Waals surface area (Å²) in [5.74, 6) is 0.413. The lowest BCUT2D eigenvalue weighted by Gasteiger charge is -2.24. The highest BCUT2D eigenvalue weighted by atomic mass is 32.2. The van der Waals surface area contributed by atoms with Gasteiger partial charge in [0.2, 0.25) is 0 Å². The normalized spacial score (nSPS) is 12.9. The Bertz CT molecular complexity index is 707. The molecule has 104 valence electrons. The molecule has 9 heteroatoms. The molecule has 0 aliphatic carbocycles. The third kappa shape index (κ3) is 2.38. The summed E-state index contributed by atoms with van der Waals surface area (Å²) in [6.07, 6.45) is 3.20. The van der Waals surface area contributed by atoms with Gasteiger partial charge in [-0.05, 0) is 20.8 Å². The van der Waals surface area contributed by atoms with Crippen LogP contribution in [0.1, 0.15) is 20.8 Å². The van der Waals surface area contributed by atoms with Gasteiger partial charge in [0.05, 0.1) is 12.5 Å². The Morgan fingerprint density at radius 1 is 1.26 bits per heavy atom. The second kappa shape index (κ2) is 4.14. The van der Waals surface area contributed by atoms with E-state index in [4.69, 9.17) is 5.14 Å². The average Bonchev–Trinajstić information content (AvgIpc) is 2.79. The first-order valence-electron chi connectivity index (χ1n) is 5.58. The van der Waals surface area contributed by atoms with Crippen molar-refractivity contribution in [1.29, 1.82) is 0 Å². The van der Waals surface area contributed by atoms with E-state index in [-0.39, 0.29) is 5.16 Å². The summed E-state index contributed by atoms with van der Waals surface area (Å²) in [5, 5.41) is 12.6. The number of rotatable bonds is 2. The van der Waals surface area contributed by atoms with Gasteiger partial charge in [-0.3, -0.25) is 4.57 Å². The Morgan fingerprint density at radius 3 is 2.32 bits per heavy atom. The van der Waals surface area contributed by atoms with Crippen molar-refractivity contribution in [3.63, 3.8) is 0 Å². The third-order valence-electron chi connectivity index (χ3n) is 2.60. The van der Waals surface area contributed by atoms with Crippen molar-refractivity contribution < 1.29 is 8.42 Å². The van der Waals surface area contributed by atoms with E-state index >= 15 is 0 Å². The minimum absolute atomic E-state index is 0.254. The maximum Gasteiger partial charge on any atom is 0.273 e. The van der Waals surface area contributed by atoms with Gasteiger partial charge in [0.15, 0.2) is 5.82 Å². The molecule has 2 aromatic heterocycles. The summed E-state index contributed by atoms with van der Waals surface area (Å²) >= 11 is 0. The Balaban J connectivity index is 2.79. The molecule has 0 unspecified atom stereocenters. The van der Waals surface area contributed by atoms with Crippen LogP contribution in [-0.4, -0.2) is 32.7 Å². The largest absolute Gasteiger partial charge is 0.331 e. The first-order valence-corrected chi connectivity index (χ1v) is 7.12. The predicted octanol–water partition coefficient (Wildman–Crippen LogP) is 0.0810. The molecule has 0 radical (unpaired) electrons. The minimum atomic E-state index is -3.94. The van der Waals surface area contributed by atoms with Gasteiger partial charge in [-0.25, -0.2) is 18.5 Å². The molecule has 8 nitrogen and oxygen atoms in total. The lowest BCUT2D eigenvalue weighted by molar-refractivity contribution is 0.365. The second-order valence-electron chi connectivity index (χ2n) is 5.25.